The molecule has 0 bridgehead atoms. The van der Waals surface area contributed by atoms with Crippen molar-refractivity contribution in [3.05, 3.63) is 17.1 Å². The minimum absolute atomic E-state index is 0.317. The molecule has 20 heavy (non-hydrogen) atoms. The van der Waals surface area contributed by atoms with Gasteiger partial charge in [0.1, 0.15) is 16.4 Å². The maximum Gasteiger partial charge on any atom is 0.247 e. The molecule has 0 radical (unpaired) electrons. The SMILES string of the molecule is CCNCc1c(C)oc(C)c1S(=O)(=O)N1CCOCC1. The molecule has 1 fully saturated rings. The first kappa shape index (κ1) is 15.5. The van der Waals surface area contributed by atoms with E-state index in [2.05, 4.69) is 5.32 Å². The summed E-state index contributed by atoms with van der Waals surface area (Å²) in [4.78, 5) is 0.317. The molecule has 2 rings (SSSR count). The van der Waals surface area contributed by atoms with Crippen LogP contribution in [0.5, 0.6) is 0 Å². The summed E-state index contributed by atoms with van der Waals surface area (Å²) in [5, 5.41) is 3.17. The van der Waals surface area contributed by atoms with Crippen LogP contribution in [0.25, 0.3) is 0 Å². The van der Waals surface area contributed by atoms with Gasteiger partial charge in [-0.15, -0.1) is 0 Å². The van der Waals surface area contributed by atoms with Gasteiger partial charge in [0.05, 0.1) is 13.2 Å². The minimum Gasteiger partial charge on any atom is -0.465 e. The Hall–Kier alpha value is -0.890. The molecule has 0 spiro atoms. The first-order valence-corrected chi connectivity index (χ1v) is 8.30. The lowest BCUT2D eigenvalue weighted by Crippen LogP contribution is -2.41. The Kier molecular flexibility index (Phi) is 4.85. The number of nitrogens with zero attached hydrogens (tertiary/aromatic N) is 1. The van der Waals surface area contributed by atoms with Crippen molar-refractivity contribution in [2.75, 3.05) is 32.8 Å². The van der Waals surface area contributed by atoms with Gasteiger partial charge >= 0.3 is 0 Å². The van der Waals surface area contributed by atoms with Crippen LogP contribution in [0, 0.1) is 13.8 Å². The van der Waals surface area contributed by atoms with Crippen LogP contribution in [0.1, 0.15) is 24.0 Å². The number of hydrogen-bond acceptors (Lipinski definition) is 5. The van der Waals surface area contributed by atoms with Crippen LogP contribution < -0.4 is 5.32 Å². The molecular weight excluding hydrogens is 280 g/mol. The second-order valence-corrected chi connectivity index (χ2v) is 6.69. The Bertz CT molecular complexity index is 559. The first-order chi connectivity index (χ1) is 9.48. The van der Waals surface area contributed by atoms with Gasteiger partial charge in [0, 0.05) is 25.2 Å². The van der Waals surface area contributed by atoms with Gasteiger partial charge in [0.25, 0.3) is 0 Å². The van der Waals surface area contributed by atoms with Crippen LogP contribution in [0.2, 0.25) is 0 Å². The molecule has 0 aromatic carbocycles. The van der Waals surface area contributed by atoms with E-state index >= 15 is 0 Å². The Morgan fingerprint density at radius 1 is 1.20 bits per heavy atom. The van der Waals surface area contributed by atoms with Crippen molar-refractivity contribution < 1.29 is 17.6 Å². The van der Waals surface area contributed by atoms with Gasteiger partial charge in [-0.1, -0.05) is 6.92 Å². The molecule has 0 atom stereocenters. The number of morpholine rings is 1. The van der Waals surface area contributed by atoms with Crippen LogP contribution in [-0.4, -0.2) is 45.6 Å². The molecule has 114 valence electrons. The number of rotatable bonds is 5. The van der Waals surface area contributed by atoms with E-state index < -0.39 is 10.0 Å². The van der Waals surface area contributed by atoms with E-state index in [1.807, 2.05) is 6.92 Å². The third-order valence-corrected chi connectivity index (χ3v) is 5.54. The summed E-state index contributed by atoms with van der Waals surface area (Å²) in [5.74, 6) is 1.12. The Morgan fingerprint density at radius 3 is 2.45 bits per heavy atom. The highest BCUT2D eigenvalue weighted by Gasteiger charge is 2.33. The van der Waals surface area contributed by atoms with E-state index in [9.17, 15) is 8.42 Å². The van der Waals surface area contributed by atoms with Gasteiger partial charge < -0.3 is 14.5 Å². The van der Waals surface area contributed by atoms with Crippen LogP contribution in [0.3, 0.4) is 0 Å². The Morgan fingerprint density at radius 2 is 1.85 bits per heavy atom. The molecule has 7 heteroatoms. The molecule has 1 N–H and O–H groups in total. The molecule has 2 heterocycles. The third-order valence-electron chi connectivity index (χ3n) is 3.44. The van der Waals surface area contributed by atoms with Gasteiger partial charge in [-0.3, -0.25) is 0 Å². The van der Waals surface area contributed by atoms with Gasteiger partial charge in [0.15, 0.2) is 0 Å². The summed E-state index contributed by atoms with van der Waals surface area (Å²) < 4.78 is 37.8. The van der Waals surface area contributed by atoms with Crippen LogP contribution >= 0.6 is 0 Å². The topological polar surface area (TPSA) is 71.8 Å². The fourth-order valence-electron chi connectivity index (χ4n) is 2.42. The first-order valence-electron chi connectivity index (χ1n) is 6.86. The zero-order chi connectivity index (χ0) is 14.8. The summed E-state index contributed by atoms with van der Waals surface area (Å²) in [6.45, 7) is 8.44. The molecule has 0 amide bonds. The molecule has 0 saturated carbocycles. The van der Waals surface area contributed by atoms with Crippen molar-refractivity contribution in [2.45, 2.75) is 32.2 Å². The smallest absolute Gasteiger partial charge is 0.247 e. The molecule has 6 nitrogen and oxygen atoms in total. The molecule has 1 aromatic rings. The number of nitrogens with one attached hydrogen (secondary N) is 1. The van der Waals surface area contributed by atoms with Gasteiger partial charge in [-0.2, -0.15) is 4.31 Å². The highest BCUT2D eigenvalue weighted by Crippen LogP contribution is 2.29. The van der Waals surface area contributed by atoms with Crippen molar-refractivity contribution in [1.82, 2.24) is 9.62 Å². The number of hydrogen-bond donors (Lipinski definition) is 1. The number of aryl methyl sites for hydroxylation is 2. The average Bonchev–Trinajstić information content (AvgIpc) is 2.72. The van der Waals surface area contributed by atoms with Gasteiger partial charge in [0.2, 0.25) is 10.0 Å². The second kappa shape index (κ2) is 6.26. The molecule has 1 saturated heterocycles. The number of sulfonamides is 1. The zero-order valence-electron chi connectivity index (χ0n) is 12.2. The van der Waals surface area contributed by atoms with E-state index in [1.165, 1.54) is 4.31 Å². The quantitative estimate of drug-likeness (QED) is 0.879. The fraction of sp³-hybridized carbons (Fsp3) is 0.692. The highest BCUT2D eigenvalue weighted by molar-refractivity contribution is 7.89. The highest BCUT2D eigenvalue weighted by atomic mass is 32.2. The standard InChI is InChI=1S/C13H22N2O4S/c1-4-14-9-12-10(2)19-11(3)13(12)20(16,17)15-5-7-18-8-6-15/h14H,4-9H2,1-3H3. The lowest BCUT2D eigenvalue weighted by molar-refractivity contribution is 0.0729. The van der Waals surface area contributed by atoms with Crippen LogP contribution in [0.4, 0.5) is 0 Å². The average molecular weight is 302 g/mol. The van der Waals surface area contributed by atoms with E-state index in [0.717, 1.165) is 12.1 Å². The van der Waals surface area contributed by atoms with E-state index in [0.29, 0.717) is 49.3 Å². The van der Waals surface area contributed by atoms with Gasteiger partial charge in [-0.05, 0) is 20.4 Å². The predicted octanol–water partition coefficient (Wildman–Crippen LogP) is 1.03. The second-order valence-electron chi connectivity index (χ2n) is 4.82. The molecule has 1 aromatic heterocycles. The minimum atomic E-state index is -3.51. The van der Waals surface area contributed by atoms with Crippen molar-refractivity contribution in [3.63, 3.8) is 0 Å². The van der Waals surface area contributed by atoms with Crippen molar-refractivity contribution in [1.29, 1.82) is 0 Å². The lowest BCUT2D eigenvalue weighted by Gasteiger charge is -2.26. The van der Waals surface area contributed by atoms with Crippen LogP contribution in [0.15, 0.2) is 9.31 Å². The Balaban J connectivity index is 2.39. The fourth-order valence-corrected chi connectivity index (χ4v) is 4.24. The summed E-state index contributed by atoms with van der Waals surface area (Å²) in [5.41, 5.74) is 0.732. The zero-order valence-corrected chi connectivity index (χ0v) is 13.0. The monoisotopic (exact) mass is 302 g/mol. The van der Waals surface area contributed by atoms with Crippen molar-refractivity contribution >= 4 is 10.0 Å². The van der Waals surface area contributed by atoms with E-state index in [-0.39, 0.29) is 0 Å². The molecule has 1 aliphatic rings. The maximum atomic E-state index is 12.8. The summed E-state index contributed by atoms with van der Waals surface area (Å²) in [7, 11) is -3.51. The van der Waals surface area contributed by atoms with Gasteiger partial charge in [-0.25, -0.2) is 8.42 Å². The van der Waals surface area contributed by atoms with E-state index in [4.69, 9.17) is 9.15 Å². The molecule has 0 unspecified atom stereocenters. The molecular formula is C13H22N2O4S. The number of ether oxygens (including phenoxy) is 1. The number of furan rings is 1. The Labute approximate surface area is 120 Å². The summed E-state index contributed by atoms with van der Waals surface area (Å²) in [6, 6.07) is 0. The van der Waals surface area contributed by atoms with Crippen molar-refractivity contribution in [2.24, 2.45) is 0 Å². The lowest BCUT2D eigenvalue weighted by atomic mass is 10.2. The third kappa shape index (κ3) is 2.90. The maximum absolute atomic E-state index is 12.8. The van der Waals surface area contributed by atoms with Crippen molar-refractivity contribution in [3.8, 4) is 0 Å². The van der Waals surface area contributed by atoms with Crippen LogP contribution in [-0.2, 0) is 21.3 Å². The van der Waals surface area contributed by atoms with E-state index in [1.54, 1.807) is 13.8 Å². The normalized spacial score (nSPS) is 17.6. The summed E-state index contributed by atoms with van der Waals surface area (Å²) >= 11 is 0. The largest absolute Gasteiger partial charge is 0.465 e. The summed E-state index contributed by atoms with van der Waals surface area (Å²) in [6.07, 6.45) is 0. The molecule has 1 aliphatic heterocycles. The molecule has 0 aliphatic carbocycles. The predicted molar refractivity (Wildman–Crippen MR) is 75.1 cm³/mol.